The van der Waals surface area contributed by atoms with Gasteiger partial charge >= 0.3 is 12.1 Å². The fraction of sp³-hybridized carbons (Fsp3) is 0.487. The molecule has 5 aliphatic heterocycles. The monoisotopic (exact) mass is 1930 g/mol. The van der Waals surface area contributed by atoms with E-state index in [1.54, 1.807) is 30.3 Å². The van der Waals surface area contributed by atoms with E-state index in [-0.39, 0.29) is 72.1 Å². The van der Waals surface area contributed by atoms with Gasteiger partial charge in [0.2, 0.25) is 29.5 Å². The Balaban J connectivity index is 0.710. The number of carbonyl (C=O) groups is 9. The number of thiazole rings is 2. The average Bonchev–Trinajstić information content (AvgIpc) is 1.54. The SMILES string of the molecule is Cc1c(N)nc(C(CC(N)=O)NCC(N)C(N)=O)nc1C(=O)NC(C(=O)NC(C)C(O)CC(=O)NC(C(=O)NC(O[C@@H]1O[C@@H](C)[C@@H](N)[C@@H](O)[C@H]1O)C(O)c1nc(-c2ncc(C(=O)NCCCCNC(=S)Nc3ccc4c(c3)C(=O)OC43c4ccc(O)cc4Oc4cc(O)ccc43)s2)cs1)C(C)O)C(O[C@@H]1O[C@@H](CO)[C@@H](O)[C@H](O)[C@@H]1O[C@H]1O[C@H](CO)[C@@H](O)[C@H](OC(N)=O)[C@@H]1O)c1c[nH]cn1. The quantitative estimate of drug-likeness (QED) is 0.00737. The second-order valence-electron chi connectivity index (χ2n) is 31.9. The molecule has 134 heavy (non-hydrogen) atoms. The number of nitrogens with two attached hydrogens (primary N) is 6. The summed E-state index contributed by atoms with van der Waals surface area (Å²) in [4.78, 5) is 147. The standard InChI is InChI=1S/C80H102N20O31S3/c1-27-51(97-66(99-64(27)84)39(18-48(82)107)90-20-38(81)65(85)116)68(118)98-53(61(40-21-87-26-92-40)127-77-63(57(112)54(109)45(23-101)126-77)128-76-59(114)62(129-78(86)122)55(110)46(24-102)125-76)70(120)93-28(2)42(106)19-49(108)96-52(29(3)103)69(119)100-71(130-75-58(113)56(111)50(83)30(4)123-75)60(115)73-95-41(25-133-73)72-91-22-47(134-72)67(117)88-13-5-6-14-89-79(132)94-31-7-10-35-34(15-31)74(121)131-80(35)36-11-8-32(104)16-43(36)124-44-17-33(105)9-12-37(44)80/h7-12,15-17,21-22,25-26,28-30,38-39,42,45-46,50,52-63,71,75-77,90,101-106,109-115H,5-6,13-14,18-20,23-24,81,83H2,1-4H3,(H2,82,107)(H2,85,116)(H2,86,122)(H,87,92)(H,88,117)(H,93,120)(H,96,108)(H,98,118)(H,100,119)(H2,84,97,99)(H2,89,94,132)/t28?,29?,30-,38?,39?,42?,45-,46+,50+,52?,53?,54+,55+,56+,57-,58+,59-,60?,61?,62-,63-,71?,75-,76+,77-/m0/s1. The number of hydrogen-bond donors (Lipinski definition) is 28. The molecule has 51 nitrogen and oxygen atoms in total. The van der Waals surface area contributed by atoms with Crippen molar-refractivity contribution in [1.29, 1.82) is 0 Å². The van der Waals surface area contributed by atoms with Crippen LogP contribution in [0.2, 0.25) is 0 Å². The van der Waals surface area contributed by atoms with Gasteiger partial charge in [0.05, 0.1) is 85.9 Å². The van der Waals surface area contributed by atoms with Crippen LogP contribution in [0.4, 0.5) is 16.3 Å². The highest BCUT2D eigenvalue weighted by molar-refractivity contribution is 7.80. The Labute approximate surface area is 772 Å². The molecule has 1 spiro atoms. The number of anilines is 2. The molecule has 12 rings (SSSR count). The first-order valence-corrected chi connectivity index (χ1v) is 43.6. The number of benzene rings is 3. The largest absolute Gasteiger partial charge is 0.508 e. The van der Waals surface area contributed by atoms with E-state index in [0.717, 1.165) is 49.0 Å². The lowest BCUT2D eigenvalue weighted by molar-refractivity contribution is -0.372. The number of aliphatic hydroxyl groups excluding tert-OH is 11. The number of aromatic amines is 1. The van der Waals surface area contributed by atoms with Crippen LogP contribution in [-0.4, -0.2) is 322 Å². The number of hydrogen-bond acceptors (Lipinski definition) is 43. The molecule has 9 heterocycles. The molecule has 726 valence electrons. The lowest BCUT2D eigenvalue weighted by Crippen LogP contribution is -2.65. The van der Waals surface area contributed by atoms with Crippen molar-refractivity contribution in [2.75, 3.05) is 43.9 Å². The van der Waals surface area contributed by atoms with E-state index in [9.17, 15) is 99.9 Å². The number of aromatic nitrogens is 6. The molecule has 3 fully saturated rings. The zero-order valence-electron chi connectivity index (χ0n) is 71.4. The molecule has 10 unspecified atom stereocenters. The van der Waals surface area contributed by atoms with Crippen molar-refractivity contribution in [2.45, 2.75) is 212 Å². The summed E-state index contributed by atoms with van der Waals surface area (Å²) in [6, 6.07) is 4.05. The first kappa shape index (κ1) is 101. The summed E-state index contributed by atoms with van der Waals surface area (Å²) < 4.78 is 52.8. The number of H-pyrrole nitrogens is 1. The van der Waals surface area contributed by atoms with Crippen molar-refractivity contribution >= 4 is 105 Å². The third-order valence-electron chi connectivity index (χ3n) is 22.4. The van der Waals surface area contributed by atoms with Crippen molar-refractivity contribution in [2.24, 2.45) is 28.7 Å². The smallest absolute Gasteiger partial charge is 0.404 e. The van der Waals surface area contributed by atoms with Gasteiger partial charge in [-0.3, -0.25) is 33.6 Å². The summed E-state index contributed by atoms with van der Waals surface area (Å²) in [5, 5.41) is 167. The molecule has 34 N–H and O–H groups in total. The second kappa shape index (κ2) is 43.8. The van der Waals surface area contributed by atoms with Gasteiger partial charge in [-0.25, -0.2) is 34.5 Å². The van der Waals surface area contributed by atoms with E-state index < -0.39 is 262 Å². The molecule has 3 aromatic carbocycles. The maximum Gasteiger partial charge on any atom is 0.404 e. The van der Waals surface area contributed by atoms with Gasteiger partial charge in [-0.2, -0.15) is 0 Å². The van der Waals surface area contributed by atoms with Gasteiger partial charge in [-0.15, -0.1) is 22.7 Å². The molecule has 54 heteroatoms. The lowest BCUT2D eigenvalue weighted by atomic mass is 9.77. The van der Waals surface area contributed by atoms with Gasteiger partial charge in [0.15, 0.2) is 48.0 Å². The predicted octanol–water partition coefficient (Wildman–Crippen LogP) is -6.84. The Kier molecular flexibility index (Phi) is 33.1. The Hall–Kier alpha value is -11.7. The minimum atomic E-state index is -2.30. The van der Waals surface area contributed by atoms with Crippen molar-refractivity contribution in [3.8, 4) is 33.7 Å². The summed E-state index contributed by atoms with van der Waals surface area (Å²) in [6.07, 6.45) is -36.1. The van der Waals surface area contributed by atoms with Crippen LogP contribution < -0.4 is 81.7 Å². The van der Waals surface area contributed by atoms with Crippen molar-refractivity contribution in [3.63, 3.8) is 0 Å². The minimum absolute atomic E-state index is 0.0900. The second-order valence-corrected chi connectivity index (χ2v) is 34.2. The van der Waals surface area contributed by atoms with Gasteiger partial charge in [0.25, 0.3) is 11.8 Å². The number of ether oxygens (including phenoxy) is 9. The Morgan fingerprint density at radius 1 is 0.716 bits per heavy atom. The number of unbranched alkanes of at least 4 members (excludes halogenated alkanes) is 1. The number of aromatic hydroxyl groups is 2. The predicted molar refractivity (Wildman–Crippen MR) is 463 cm³/mol. The molecule has 3 saturated heterocycles. The van der Waals surface area contributed by atoms with Crippen molar-refractivity contribution < 1.29 is 152 Å². The molecule has 25 atom stereocenters. The minimum Gasteiger partial charge on any atom is -0.508 e. The molecular formula is C80H102N20O31S3. The zero-order valence-corrected chi connectivity index (χ0v) is 73.8. The van der Waals surface area contributed by atoms with Crippen LogP contribution in [0.3, 0.4) is 0 Å². The van der Waals surface area contributed by atoms with E-state index >= 15 is 9.59 Å². The third kappa shape index (κ3) is 22.9. The summed E-state index contributed by atoms with van der Waals surface area (Å²) in [7, 11) is 0. The van der Waals surface area contributed by atoms with Gasteiger partial charge in [0.1, 0.15) is 134 Å². The maximum atomic E-state index is 15.4. The summed E-state index contributed by atoms with van der Waals surface area (Å²) >= 11 is 7.31. The van der Waals surface area contributed by atoms with Crippen LogP contribution >= 0.6 is 34.9 Å². The normalized spacial score (nSPS) is 25.0. The zero-order chi connectivity index (χ0) is 97.3. The van der Waals surface area contributed by atoms with Crippen LogP contribution in [0.1, 0.15) is 134 Å². The molecule has 8 amide bonds. The summed E-state index contributed by atoms with van der Waals surface area (Å²) in [6.45, 7) is 2.96. The fourth-order valence-corrected chi connectivity index (χ4v) is 16.9. The molecule has 0 bridgehead atoms. The fourth-order valence-electron chi connectivity index (χ4n) is 15.0. The Morgan fingerprint density at radius 3 is 2.01 bits per heavy atom. The molecule has 7 aromatic rings. The van der Waals surface area contributed by atoms with E-state index in [0.29, 0.717) is 41.8 Å². The third-order valence-corrected chi connectivity index (χ3v) is 24.5. The molecule has 4 aromatic heterocycles. The number of esters is 1. The first-order valence-electron chi connectivity index (χ1n) is 41.5. The van der Waals surface area contributed by atoms with Gasteiger partial charge in [0, 0.05) is 77.7 Å². The molecule has 0 radical (unpaired) electrons. The van der Waals surface area contributed by atoms with Crippen LogP contribution in [0.15, 0.2) is 78.7 Å². The number of thiocarbonyl (C=S) groups is 1. The Bertz CT molecular complexity index is 5370. The highest BCUT2D eigenvalue weighted by Gasteiger charge is 2.57. The molecular weight excluding hydrogens is 1830 g/mol. The van der Waals surface area contributed by atoms with Gasteiger partial charge in [-0.1, -0.05) is 6.07 Å². The van der Waals surface area contributed by atoms with Gasteiger partial charge in [-0.05, 0) is 89.2 Å². The van der Waals surface area contributed by atoms with Crippen LogP contribution in [0.25, 0.3) is 10.7 Å². The number of nitrogens with one attached hydrogen (secondary N) is 9. The van der Waals surface area contributed by atoms with Crippen molar-refractivity contribution in [1.82, 2.24) is 67.1 Å². The molecule has 0 saturated carbocycles. The van der Waals surface area contributed by atoms with E-state index in [1.807, 2.05) is 0 Å². The van der Waals surface area contributed by atoms with Crippen LogP contribution in [0, 0.1) is 6.92 Å². The number of primary amides is 3. The number of imidazole rings is 1. The number of nitrogens with zero attached hydrogens (tertiary/aromatic N) is 5. The lowest BCUT2D eigenvalue weighted by Gasteiger charge is -2.47. The highest BCUT2D eigenvalue weighted by atomic mass is 32.1. The Morgan fingerprint density at radius 2 is 1.37 bits per heavy atom. The summed E-state index contributed by atoms with van der Waals surface area (Å²) in [5.41, 5.74) is 34.0. The molecule has 0 aliphatic carbocycles. The number of phenols is 2. The number of carbonyl (C=O) groups excluding carboxylic acids is 9. The first-order chi connectivity index (χ1) is 63.6. The number of phenolic OH excluding ortho intramolecular Hbond substituents is 2. The average molecular weight is 1940 g/mol. The van der Waals surface area contributed by atoms with E-state index in [2.05, 4.69) is 72.4 Å². The number of fused-ring (bicyclic) bond motifs is 6. The topological polar surface area (TPSA) is 832 Å². The van der Waals surface area contributed by atoms with E-state index in [1.165, 1.54) is 49.7 Å². The number of amides is 8. The number of rotatable bonds is 39. The van der Waals surface area contributed by atoms with Crippen LogP contribution in [-0.2, 0) is 67.5 Å². The van der Waals surface area contributed by atoms with Crippen LogP contribution in [0.5, 0.6) is 23.0 Å². The summed E-state index contributed by atoms with van der Waals surface area (Å²) in [5.74, 6) is -8.86. The van der Waals surface area contributed by atoms with E-state index in [4.69, 9.17) is 89.3 Å². The number of nitrogen functional groups attached to an aromatic ring is 1. The number of aliphatic hydroxyl groups is 11. The van der Waals surface area contributed by atoms with Crippen molar-refractivity contribution in [3.05, 3.63) is 134 Å². The maximum absolute atomic E-state index is 15.4. The molecule has 5 aliphatic rings. The van der Waals surface area contributed by atoms with Gasteiger partial charge < -0.3 is 191 Å². The highest BCUT2D eigenvalue weighted by Crippen LogP contribution is 2.57.